The van der Waals surface area contributed by atoms with Crippen LogP contribution in [-0.2, 0) is 16.0 Å². The number of ether oxygens (including phenoxy) is 3. The molecule has 0 bridgehead atoms. The first-order chi connectivity index (χ1) is 10.4. The summed E-state index contributed by atoms with van der Waals surface area (Å²) < 4.78 is 16.4. The molecule has 22 heavy (non-hydrogen) atoms. The molecule has 1 aromatic rings. The Morgan fingerprint density at radius 2 is 1.59 bits per heavy atom. The summed E-state index contributed by atoms with van der Waals surface area (Å²) in [7, 11) is 1.41. The summed E-state index contributed by atoms with van der Waals surface area (Å²) in [6.45, 7) is 9.72. The van der Waals surface area contributed by atoms with E-state index in [1.54, 1.807) is 0 Å². The van der Waals surface area contributed by atoms with Crippen LogP contribution >= 0.6 is 0 Å². The van der Waals surface area contributed by atoms with Crippen LogP contribution in [0, 0.1) is 11.8 Å². The summed E-state index contributed by atoms with van der Waals surface area (Å²) in [6, 6.07) is 5.85. The summed E-state index contributed by atoms with van der Waals surface area (Å²) in [4.78, 5) is 11.3. The van der Waals surface area contributed by atoms with Crippen LogP contribution in [0.15, 0.2) is 18.2 Å². The molecule has 124 valence electrons. The Hall–Kier alpha value is -1.71. The third kappa shape index (κ3) is 6.83. The van der Waals surface area contributed by atoms with Crippen molar-refractivity contribution in [2.45, 2.75) is 40.5 Å². The van der Waals surface area contributed by atoms with Crippen LogP contribution in [0.1, 0.15) is 39.7 Å². The number of benzene rings is 1. The second-order valence-corrected chi connectivity index (χ2v) is 6.27. The van der Waals surface area contributed by atoms with Gasteiger partial charge >= 0.3 is 5.97 Å². The van der Waals surface area contributed by atoms with Gasteiger partial charge in [0.05, 0.1) is 20.3 Å². The summed E-state index contributed by atoms with van der Waals surface area (Å²) >= 11 is 0. The summed E-state index contributed by atoms with van der Waals surface area (Å²) in [5, 5.41) is 0. The quantitative estimate of drug-likeness (QED) is 0.650. The third-order valence-corrected chi connectivity index (χ3v) is 3.00. The molecule has 0 saturated carbocycles. The highest BCUT2D eigenvalue weighted by Gasteiger charge is 2.10. The standard InChI is InChI=1S/C18H28O4/c1-13(2)11-21-16-8-6-15(7-9-18(19)20-5)10-17(16)22-12-14(3)4/h6,8,10,13-14H,7,9,11-12H2,1-5H3. The van der Waals surface area contributed by atoms with Gasteiger partial charge in [-0.15, -0.1) is 0 Å². The van der Waals surface area contributed by atoms with Crippen molar-refractivity contribution in [3.8, 4) is 11.5 Å². The zero-order valence-corrected chi connectivity index (χ0v) is 14.3. The molecular formula is C18H28O4. The zero-order valence-electron chi connectivity index (χ0n) is 14.3. The fraction of sp³-hybridized carbons (Fsp3) is 0.611. The van der Waals surface area contributed by atoms with E-state index in [1.807, 2.05) is 18.2 Å². The van der Waals surface area contributed by atoms with E-state index in [1.165, 1.54) is 7.11 Å². The van der Waals surface area contributed by atoms with E-state index in [0.29, 0.717) is 37.9 Å². The molecule has 0 saturated heterocycles. The van der Waals surface area contributed by atoms with Gasteiger partial charge in [-0.2, -0.15) is 0 Å². The van der Waals surface area contributed by atoms with Crippen molar-refractivity contribution in [1.82, 2.24) is 0 Å². The molecule has 0 aliphatic heterocycles. The molecular weight excluding hydrogens is 280 g/mol. The monoisotopic (exact) mass is 308 g/mol. The van der Waals surface area contributed by atoms with Gasteiger partial charge in [0, 0.05) is 6.42 Å². The van der Waals surface area contributed by atoms with Gasteiger partial charge < -0.3 is 14.2 Å². The Balaban J connectivity index is 2.80. The largest absolute Gasteiger partial charge is 0.489 e. The predicted octanol–water partition coefficient (Wildman–Crippen LogP) is 3.86. The first-order valence-electron chi connectivity index (χ1n) is 7.87. The van der Waals surface area contributed by atoms with Crippen LogP contribution in [0.3, 0.4) is 0 Å². The minimum absolute atomic E-state index is 0.204. The normalized spacial score (nSPS) is 10.9. The fourth-order valence-electron chi connectivity index (χ4n) is 1.80. The smallest absolute Gasteiger partial charge is 0.305 e. The Bertz CT molecular complexity index is 466. The number of carbonyl (C=O) groups excluding carboxylic acids is 1. The van der Waals surface area contributed by atoms with E-state index < -0.39 is 0 Å². The number of methoxy groups -OCH3 is 1. The Labute approximate surface area is 133 Å². The van der Waals surface area contributed by atoms with Crippen LogP contribution in [0.25, 0.3) is 0 Å². The molecule has 0 N–H and O–H groups in total. The van der Waals surface area contributed by atoms with Crippen molar-refractivity contribution in [1.29, 1.82) is 0 Å². The van der Waals surface area contributed by atoms with E-state index in [4.69, 9.17) is 9.47 Å². The maximum Gasteiger partial charge on any atom is 0.305 e. The van der Waals surface area contributed by atoms with Gasteiger partial charge in [0.1, 0.15) is 0 Å². The van der Waals surface area contributed by atoms with Gasteiger partial charge in [-0.05, 0) is 36.0 Å². The molecule has 0 fully saturated rings. The molecule has 0 heterocycles. The van der Waals surface area contributed by atoms with Crippen LogP contribution in [0.5, 0.6) is 11.5 Å². The van der Waals surface area contributed by atoms with E-state index in [2.05, 4.69) is 32.4 Å². The summed E-state index contributed by atoms with van der Waals surface area (Å²) in [5.41, 5.74) is 1.04. The summed E-state index contributed by atoms with van der Waals surface area (Å²) in [5.74, 6) is 2.20. The topological polar surface area (TPSA) is 44.8 Å². The first-order valence-corrected chi connectivity index (χ1v) is 7.87. The lowest BCUT2D eigenvalue weighted by atomic mass is 10.1. The lowest BCUT2D eigenvalue weighted by molar-refractivity contribution is -0.140. The van der Waals surface area contributed by atoms with Gasteiger partial charge in [0.25, 0.3) is 0 Å². The lowest BCUT2D eigenvalue weighted by Crippen LogP contribution is -2.09. The van der Waals surface area contributed by atoms with Gasteiger partial charge in [-0.3, -0.25) is 4.79 Å². The molecule has 4 heteroatoms. The highest BCUT2D eigenvalue weighted by Crippen LogP contribution is 2.30. The molecule has 0 aliphatic carbocycles. The zero-order chi connectivity index (χ0) is 16.5. The number of hydrogen-bond donors (Lipinski definition) is 0. The average Bonchev–Trinajstić information content (AvgIpc) is 2.48. The van der Waals surface area contributed by atoms with Gasteiger partial charge in [0.15, 0.2) is 11.5 Å². The molecule has 1 aromatic carbocycles. The fourth-order valence-corrected chi connectivity index (χ4v) is 1.80. The highest BCUT2D eigenvalue weighted by molar-refractivity contribution is 5.69. The van der Waals surface area contributed by atoms with Gasteiger partial charge in [-0.25, -0.2) is 0 Å². The Morgan fingerprint density at radius 1 is 1.00 bits per heavy atom. The Morgan fingerprint density at radius 3 is 2.14 bits per heavy atom. The van der Waals surface area contributed by atoms with Crippen molar-refractivity contribution in [3.05, 3.63) is 23.8 Å². The molecule has 0 aliphatic rings. The molecule has 4 nitrogen and oxygen atoms in total. The molecule has 1 rings (SSSR count). The van der Waals surface area contributed by atoms with Crippen LogP contribution in [-0.4, -0.2) is 26.3 Å². The van der Waals surface area contributed by atoms with Crippen molar-refractivity contribution in [2.24, 2.45) is 11.8 Å². The first kappa shape index (κ1) is 18.3. The number of hydrogen-bond acceptors (Lipinski definition) is 4. The maximum absolute atomic E-state index is 11.3. The molecule has 0 atom stereocenters. The SMILES string of the molecule is COC(=O)CCc1ccc(OCC(C)C)c(OCC(C)C)c1. The van der Waals surface area contributed by atoms with Crippen molar-refractivity contribution < 1.29 is 19.0 Å². The molecule has 0 unspecified atom stereocenters. The minimum Gasteiger partial charge on any atom is -0.489 e. The molecule has 0 aromatic heterocycles. The van der Waals surface area contributed by atoms with E-state index in [0.717, 1.165) is 17.1 Å². The van der Waals surface area contributed by atoms with Crippen molar-refractivity contribution in [3.63, 3.8) is 0 Å². The predicted molar refractivity (Wildman–Crippen MR) is 87.4 cm³/mol. The lowest BCUT2D eigenvalue weighted by Gasteiger charge is -2.16. The second kappa shape index (κ2) is 9.34. The molecule has 0 amide bonds. The number of aryl methyl sites for hydroxylation is 1. The van der Waals surface area contributed by atoms with Crippen LogP contribution in [0.2, 0.25) is 0 Å². The van der Waals surface area contributed by atoms with Crippen LogP contribution < -0.4 is 9.47 Å². The summed E-state index contributed by atoms with van der Waals surface area (Å²) in [6.07, 6.45) is 1.00. The number of carbonyl (C=O) groups is 1. The minimum atomic E-state index is -0.204. The third-order valence-electron chi connectivity index (χ3n) is 3.00. The van der Waals surface area contributed by atoms with Gasteiger partial charge in [0.2, 0.25) is 0 Å². The van der Waals surface area contributed by atoms with Gasteiger partial charge in [-0.1, -0.05) is 33.8 Å². The second-order valence-electron chi connectivity index (χ2n) is 6.27. The molecule has 0 spiro atoms. The van der Waals surface area contributed by atoms with Crippen molar-refractivity contribution in [2.75, 3.05) is 20.3 Å². The van der Waals surface area contributed by atoms with E-state index in [9.17, 15) is 4.79 Å². The average molecular weight is 308 g/mol. The van der Waals surface area contributed by atoms with Crippen molar-refractivity contribution >= 4 is 5.97 Å². The van der Waals surface area contributed by atoms with E-state index in [-0.39, 0.29) is 5.97 Å². The Kier molecular flexibility index (Phi) is 7.78. The maximum atomic E-state index is 11.3. The van der Waals surface area contributed by atoms with E-state index >= 15 is 0 Å². The number of rotatable bonds is 9. The molecule has 0 radical (unpaired) electrons. The van der Waals surface area contributed by atoms with Crippen LogP contribution in [0.4, 0.5) is 0 Å². The number of esters is 1. The highest BCUT2D eigenvalue weighted by atomic mass is 16.5.